The number of nitrogens with two attached hydrogens (primary N) is 1. The number of aliphatic carboxylic acids is 1. The van der Waals surface area contributed by atoms with Crippen LogP contribution in [0.3, 0.4) is 0 Å². The molecule has 0 aliphatic rings. The van der Waals surface area contributed by atoms with E-state index in [1.807, 2.05) is 43.3 Å². The molecule has 0 aliphatic heterocycles. The van der Waals surface area contributed by atoms with E-state index in [1.54, 1.807) is 24.3 Å². The van der Waals surface area contributed by atoms with Gasteiger partial charge < -0.3 is 26.5 Å². The third-order valence-corrected chi connectivity index (χ3v) is 3.93. The molecule has 0 heterocycles. The summed E-state index contributed by atoms with van der Waals surface area (Å²) in [5, 5.41) is 18.3. The van der Waals surface area contributed by atoms with Crippen LogP contribution in [0.5, 0.6) is 0 Å². The highest BCUT2D eigenvalue weighted by Gasteiger charge is 2.22. The van der Waals surface area contributed by atoms with Gasteiger partial charge >= 0.3 is 5.97 Å². The number of hydrazone groups is 1. The Bertz CT molecular complexity index is 836. The van der Waals surface area contributed by atoms with Crippen LogP contribution in [-0.4, -0.2) is 43.5 Å². The fourth-order valence-electron chi connectivity index (χ4n) is 2.64. The lowest BCUT2D eigenvalue weighted by Crippen LogP contribution is -2.42. The number of amides is 1. The van der Waals surface area contributed by atoms with Gasteiger partial charge in [0.1, 0.15) is 12.4 Å². The molecule has 142 valence electrons. The molecular formula is C19H23N5O3. The summed E-state index contributed by atoms with van der Waals surface area (Å²) in [5.41, 5.74) is 2.69. The van der Waals surface area contributed by atoms with E-state index >= 15 is 0 Å². The van der Waals surface area contributed by atoms with Crippen LogP contribution in [0.1, 0.15) is 15.9 Å². The summed E-state index contributed by atoms with van der Waals surface area (Å²) in [6.07, 6.45) is 1.46. The van der Waals surface area contributed by atoms with Gasteiger partial charge in [-0.3, -0.25) is 4.79 Å². The zero-order chi connectivity index (χ0) is 19.8. The summed E-state index contributed by atoms with van der Waals surface area (Å²) in [5.74, 6) is 3.47. The van der Waals surface area contributed by atoms with Crippen LogP contribution >= 0.6 is 0 Å². The number of carbonyl (C=O) groups is 2. The first kappa shape index (κ1) is 19.8. The molecular weight excluding hydrogens is 346 g/mol. The van der Waals surface area contributed by atoms with Crippen molar-refractivity contribution in [3.8, 4) is 0 Å². The normalized spacial score (nSPS) is 11.8. The molecule has 2 rings (SSSR count). The smallest absolute Gasteiger partial charge is 0.326 e. The highest BCUT2D eigenvalue weighted by molar-refractivity contribution is 5.97. The van der Waals surface area contributed by atoms with Gasteiger partial charge in [-0.2, -0.15) is 5.10 Å². The van der Waals surface area contributed by atoms with Gasteiger partial charge in [0.05, 0.1) is 0 Å². The summed E-state index contributed by atoms with van der Waals surface area (Å²) in [7, 11) is 3.77. The van der Waals surface area contributed by atoms with Gasteiger partial charge in [-0.05, 0) is 29.8 Å². The molecule has 5 N–H and O–H groups in total. The number of hydrogen-bond acceptors (Lipinski definition) is 5. The first-order valence-electron chi connectivity index (χ1n) is 8.29. The number of hydrogen-bond donors (Lipinski definition) is 4. The Kier molecular flexibility index (Phi) is 6.76. The van der Waals surface area contributed by atoms with Crippen molar-refractivity contribution in [2.45, 2.75) is 12.5 Å². The lowest BCUT2D eigenvalue weighted by Gasteiger charge is -2.20. The maximum atomic E-state index is 12.5. The lowest BCUT2D eigenvalue weighted by molar-refractivity contribution is -0.139. The largest absolute Gasteiger partial charge is 0.480 e. The van der Waals surface area contributed by atoms with Crippen LogP contribution < -0.4 is 21.4 Å². The Hall–Kier alpha value is -3.55. The SMILES string of the molecule is CN(C)c1ccccc1CC(NC(=O)c1cccc(NC=NN)c1)C(=O)O. The summed E-state index contributed by atoms with van der Waals surface area (Å²) < 4.78 is 0. The third-order valence-electron chi connectivity index (χ3n) is 3.93. The van der Waals surface area contributed by atoms with Crippen molar-refractivity contribution in [1.29, 1.82) is 0 Å². The van der Waals surface area contributed by atoms with Gasteiger partial charge in [-0.25, -0.2) is 4.79 Å². The van der Waals surface area contributed by atoms with Gasteiger partial charge in [-0.1, -0.05) is 24.3 Å². The van der Waals surface area contributed by atoms with E-state index in [2.05, 4.69) is 15.7 Å². The molecule has 0 radical (unpaired) electrons. The summed E-state index contributed by atoms with van der Waals surface area (Å²) in [6.45, 7) is 0. The molecule has 8 heteroatoms. The van der Waals surface area contributed by atoms with Gasteiger partial charge in [0.25, 0.3) is 5.91 Å². The third kappa shape index (κ3) is 5.46. The first-order chi connectivity index (χ1) is 12.9. The van der Waals surface area contributed by atoms with Crippen molar-refractivity contribution in [3.63, 3.8) is 0 Å². The van der Waals surface area contributed by atoms with Crippen molar-refractivity contribution in [2.24, 2.45) is 10.9 Å². The summed E-state index contributed by atoms with van der Waals surface area (Å²) >= 11 is 0. The Balaban J connectivity index is 2.17. The molecule has 0 saturated heterocycles. The van der Waals surface area contributed by atoms with E-state index in [1.165, 1.54) is 6.34 Å². The number of anilines is 2. The number of carboxylic acids is 1. The maximum absolute atomic E-state index is 12.5. The molecule has 2 aromatic rings. The highest BCUT2D eigenvalue weighted by atomic mass is 16.4. The van der Waals surface area contributed by atoms with E-state index in [0.29, 0.717) is 11.3 Å². The number of rotatable bonds is 8. The second-order valence-corrected chi connectivity index (χ2v) is 6.09. The Morgan fingerprint density at radius 1 is 1.22 bits per heavy atom. The molecule has 8 nitrogen and oxygen atoms in total. The highest BCUT2D eigenvalue weighted by Crippen LogP contribution is 2.20. The quantitative estimate of drug-likeness (QED) is 0.242. The van der Waals surface area contributed by atoms with Crippen molar-refractivity contribution < 1.29 is 14.7 Å². The van der Waals surface area contributed by atoms with E-state index in [9.17, 15) is 14.7 Å². The zero-order valence-electron chi connectivity index (χ0n) is 15.2. The molecule has 27 heavy (non-hydrogen) atoms. The minimum absolute atomic E-state index is 0.174. The van der Waals surface area contributed by atoms with Crippen LogP contribution in [0.25, 0.3) is 0 Å². The van der Waals surface area contributed by atoms with Crippen LogP contribution in [0.15, 0.2) is 53.6 Å². The molecule has 1 unspecified atom stereocenters. The average molecular weight is 369 g/mol. The first-order valence-corrected chi connectivity index (χ1v) is 8.29. The summed E-state index contributed by atoms with van der Waals surface area (Å²) in [4.78, 5) is 26.1. The van der Waals surface area contributed by atoms with Crippen LogP contribution in [0.2, 0.25) is 0 Å². The van der Waals surface area contributed by atoms with Crippen molar-refractivity contribution in [2.75, 3.05) is 24.3 Å². The van der Waals surface area contributed by atoms with Gasteiger partial charge in [0.15, 0.2) is 0 Å². The fraction of sp³-hybridized carbons (Fsp3) is 0.211. The Labute approximate surface area is 157 Å². The minimum Gasteiger partial charge on any atom is -0.480 e. The maximum Gasteiger partial charge on any atom is 0.326 e. The minimum atomic E-state index is -1.10. The second kappa shape index (κ2) is 9.23. The van der Waals surface area contributed by atoms with Gasteiger partial charge in [-0.15, -0.1) is 0 Å². The topological polar surface area (TPSA) is 120 Å². The molecule has 1 amide bonds. The number of nitrogens with one attached hydrogen (secondary N) is 2. The number of benzene rings is 2. The van der Waals surface area contributed by atoms with Gasteiger partial charge in [0.2, 0.25) is 0 Å². The fourth-order valence-corrected chi connectivity index (χ4v) is 2.64. The number of para-hydroxylation sites is 1. The molecule has 0 aliphatic carbocycles. The van der Waals surface area contributed by atoms with E-state index < -0.39 is 17.9 Å². The Morgan fingerprint density at radius 2 is 1.96 bits per heavy atom. The number of nitrogens with zero attached hydrogens (tertiary/aromatic N) is 2. The van der Waals surface area contributed by atoms with E-state index in [4.69, 9.17) is 5.84 Å². The standard InChI is InChI=1S/C19H23N5O3/c1-24(2)17-9-4-3-6-13(17)11-16(19(26)27)23-18(25)14-7-5-8-15(10-14)21-12-22-20/h3-10,12,16H,11,20H2,1-2H3,(H,21,22)(H,23,25)(H,26,27). The second-order valence-electron chi connectivity index (χ2n) is 6.09. The molecule has 0 saturated carbocycles. The van der Waals surface area contributed by atoms with Crippen LogP contribution in [-0.2, 0) is 11.2 Å². The zero-order valence-corrected chi connectivity index (χ0v) is 15.2. The molecule has 0 fully saturated rings. The molecule has 1 atom stereocenters. The van der Waals surface area contributed by atoms with Gasteiger partial charge in [0, 0.05) is 37.5 Å². The van der Waals surface area contributed by atoms with Crippen molar-refractivity contribution >= 4 is 29.6 Å². The Morgan fingerprint density at radius 3 is 2.63 bits per heavy atom. The molecule has 2 aromatic carbocycles. The van der Waals surface area contributed by atoms with E-state index in [0.717, 1.165) is 11.3 Å². The lowest BCUT2D eigenvalue weighted by atomic mass is 10.0. The molecule has 0 aromatic heterocycles. The predicted octanol–water partition coefficient (Wildman–Crippen LogP) is 1.49. The molecule has 0 bridgehead atoms. The van der Waals surface area contributed by atoms with Crippen LogP contribution in [0, 0.1) is 0 Å². The number of carboxylic acid groups (broad SMARTS) is 1. The molecule has 0 spiro atoms. The average Bonchev–Trinajstić information content (AvgIpc) is 2.66. The van der Waals surface area contributed by atoms with Crippen molar-refractivity contribution in [1.82, 2.24) is 5.32 Å². The van der Waals surface area contributed by atoms with E-state index in [-0.39, 0.29) is 6.42 Å². The van der Waals surface area contributed by atoms with Crippen molar-refractivity contribution in [3.05, 3.63) is 59.7 Å². The summed E-state index contributed by atoms with van der Waals surface area (Å²) in [6, 6.07) is 13.0. The number of carbonyl (C=O) groups excluding carboxylic acids is 1. The predicted molar refractivity (Wildman–Crippen MR) is 106 cm³/mol. The van der Waals surface area contributed by atoms with Crippen LogP contribution in [0.4, 0.5) is 11.4 Å². The monoisotopic (exact) mass is 369 g/mol.